The second-order valence-electron chi connectivity index (χ2n) is 6.74. The number of nitrogens with one attached hydrogen (secondary N) is 3. The molecule has 0 bridgehead atoms. The average Bonchev–Trinajstić information content (AvgIpc) is 2.99. The molecule has 1 aromatic rings. The Morgan fingerprint density at radius 1 is 1.14 bits per heavy atom. The Kier molecular flexibility index (Phi) is 6.48. The van der Waals surface area contributed by atoms with Crippen molar-refractivity contribution in [1.29, 1.82) is 0 Å². The van der Waals surface area contributed by atoms with E-state index in [0.717, 1.165) is 0 Å². The summed E-state index contributed by atoms with van der Waals surface area (Å²) in [5.41, 5.74) is 0.575. The summed E-state index contributed by atoms with van der Waals surface area (Å²) < 4.78 is 0. The molecule has 5 amide bonds. The van der Waals surface area contributed by atoms with Gasteiger partial charge in [0.05, 0.1) is 17.3 Å². The summed E-state index contributed by atoms with van der Waals surface area (Å²) in [6.07, 6.45) is 0.461. The quantitative estimate of drug-likeness (QED) is 0.591. The minimum atomic E-state index is -0.647. The summed E-state index contributed by atoms with van der Waals surface area (Å²) in [4.78, 5) is 50.8. The Morgan fingerprint density at radius 3 is 2.50 bits per heavy atom. The minimum Gasteiger partial charge on any atom is -0.340 e. The van der Waals surface area contributed by atoms with E-state index < -0.39 is 18.0 Å². The number of rotatable bonds is 6. The number of carbonyl (C=O) groups is 4. The van der Waals surface area contributed by atoms with Crippen LogP contribution < -0.4 is 16.0 Å². The molecule has 0 spiro atoms. The lowest BCUT2D eigenvalue weighted by molar-refractivity contribution is -0.133. The Balaban J connectivity index is 1.38. The summed E-state index contributed by atoms with van der Waals surface area (Å²) in [6.45, 7) is 2.43. The maximum atomic E-state index is 12.3. The molecule has 0 aromatic heterocycles. The van der Waals surface area contributed by atoms with Crippen molar-refractivity contribution in [3.63, 3.8) is 0 Å². The number of imide groups is 1. The summed E-state index contributed by atoms with van der Waals surface area (Å²) >= 11 is 6.04. The highest BCUT2D eigenvalue weighted by atomic mass is 35.5. The zero-order chi connectivity index (χ0) is 20.1. The minimum absolute atomic E-state index is 0.0610. The smallest absolute Gasteiger partial charge is 0.322 e. The first-order valence-electron chi connectivity index (χ1n) is 9.08. The molecule has 2 heterocycles. The van der Waals surface area contributed by atoms with Crippen LogP contribution in [0.2, 0.25) is 5.02 Å². The van der Waals surface area contributed by atoms with E-state index in [1.54, 1.807) is 29.2 Å². The Labute approximate surface area is 167 Å². The van der Waals surface area contributed by atoms with Crippen LogP contribution in [0, 0.1) is 0 Å². The molecule has 0 aliphatic carbocycles. The molecule has 2 saturated heterocycles. The highest BCUT2D eigenvalue weighted by molar-refractivity contribution is 6.33. The Morgan fingerprint density at radius 2 is 1.86 bits per heavy atom. The first kappa shape index (κ1) is 20.1. The van der Waals surface area contributed by atoms with Gasteiger partial charge in [-0.3, -0.25) is 24.6 Å². The number of carbonyl (C=O) groups excluding carboxylic acids is 4. The molecule has 1 atom stereocenters. The lowest BCUT2D eigenvalue weighted by Crippen LogP contribution is -2.50. The van der Waals surface area contributed by atoms with Gasteiger partial charge in [0.1, 0.15) is 6.04 Å². The molecule has 10 heteroatoms. The lowest BCUT2D eigenvalue weighted by atomic mass is 10.1. The van der Waals surface area contributed by atoms with Crippen LogP contribution >= 0.6 is 11.6 Å². The third-order valence-electron chi connectivity index (χ3n) is 4.75. The number of nitrogens with zero attached hydrogens (tertiary/aromatic N) is 2. The highest BCUT2D eigenvalue weighted by Crippen LogP contribution is 2.20. The van der Waals surface area contributed by atoms with Crippen LogP contribution in [-0.2, 0) is 14.4 Å². The molecule has 2 aliphatic rings. The molecule has 0 radical (unpaired) electrons. The molecule has 28 heavy (non-hydrogen) atoms. The summed E-state index contributed by atoms with van der Waals surface area (Å²) in [5.74, 6) is -0.614. The van der Waals surface area contributed by atoms with E-state index in [1.807, 2.05) is 4.90 Å². The first-order chi connectivity index (χ1) is 13.4. The van der Waals surface area contributed by atoms with Crippen molar-refractivity contribution in [3.05, 3.63) is 29.3 Å². The van der Waals surface area contributed by atoms with Gasteiger partial charge in [-0.15, -0.1) is 0 Å². The fourth-order valence-corrected chi connectivity index (χ4v) is 3.38. The Bertz CT molecular complexity index is 779. The largest absolute Gasteiger partial charge is 0.340 e. The van der Waals surface area contributed by atoms with Gasteiger partial charge in [-0.25, -0.2) is 4.79 Å². The number of amides is 5. The predicted molar refractivity (Wildman–Crippen MR) is 103 cm³/mol. The topological polar surface area (TPSA) is 111 Å². The molecular weight excluding hydrogens is 386 g/mol. The van der Waals surface area contributed by atoms with Crippen LogP contribution in [0.25, 0.3) is 0 Å². The zero-order valence-corrected chi connectivity index (χ0v) is 16.0. The molecule has 2 fully saturated rings. The van der Waals surface area contributed by atoms with Gasteiger partial charge in [0, 0.05) is 32.6 Å². The second kappa shape index (κ2) is 9.03. The first-order valence-corrected chi connectivity index (χ1v) is 9.46. The molecular formula is C18H22ClN5O4. The van der Waals surface area contributed by atoms with Gasteiger partial charge in [0.2, 0.25) is 11.8 Å². The van der Waals surface area contributed by atoms with E-state index in [4.69, 9.17) is 11.6 Å². The predicted octanol–water partition coefficient (Wildman–Crippen LogP) is 0.411. The maximum absolute atomic E-state index is 12.3. The van der Waals surface area contributed by atoms with Gasteiger partial charge in [-0.2, -0.15) is 0 Å². The SMILES string of the molecule is O=C(CN1CCN(C(=O)CC[C@@H]2NC(=O)NC2=O)CC1)Nc1ccccc1Cl. The number of benzene rings is 1. The van der Waals surface area contributed by atoms with E-state index >= 15 is 0 Å². The van der Waals surface area contributed by atoms with E-state index in [0.29, 0.717) is 36.9 Å². The molecule has 3 N–H and O–H groups in total. The van der Waals surface area contributed by atoms with Crippen LogP contribution in [0.15, 0.2) is 24.3 Å². The van der Waals surface area contributed by atoms with Crippen molar-refractivity contribution in [2.75, 3.05) is 38.0 Å². The van der Waals surface area contributed by atoms with Crippen LogP contribution in [0.5, 0.6) is 0 Å². The third kappa shape index (κ3) is 5.20. The lowest BCUT2D eigenvalue weighted by Gasteiger charge is -2.34. The maximum Gasteiger partial charge on any atom is 0.322 e. The van der Waals surface area contributed by atoms with Crippen molar-refractivity contribution in [2.45, 2.75) is 18.9 Å². The van der Waals surface area contributed by atoms with Crippen LogP contribution in [0.1, 0.15) is 12.8 Å². The number of piperazine rings is 1. The summed E-state index contributed by atoms with van der Waals surface area (Å²) in [6, 6.07) is 5.87. The van der Waals surface area contributed by atoms with Crippen molar-refractivity contribution in [2.24, 2.45) is 0 Å². The number of urea groups is 1. The Hall–Kier alpha value is -2.65. The van der Waals surface area contributed by atoms with Crippen LogP contribution in [0.3, 0.4) is 0 Å². The van der Waals surface area contributed by atoms with Crippen molar-refractivity contribution in [1.82, 2.24) is 20.4 Å². The van der Waals surface area contributed by atoms with Gasteiger partial charge < -0.3 is 15.5 Å². The molecule has 0 saturated carbocycles. The molecule has 2 aliphatic heterocycles. The number of hydrogen-bond donors (Lipinski definition) is 3. The van der Waals surface area contributed by atoms with Gasteiger partial charge in [0.25, 0.3) is 5.91 Å². The van der Waals surface area contributed by atoms with Gasteiger partial charge in [0.15, 0.2) is 0 Å². The fourth-order valence-electron chi connectivity index (χ4n) is 3.20. The molecule has 3 rings (SSSR count). The van der Waals surface area contributed by atoms with Crippen molar-refractivity contribution >= 4 is 41.0 Å². The van der Waals surface area contributed by atoms with Crippen molar-refractivity contribution < 1.29 is 19.2 Å². The van der Waals surface area contributed by atoms with E-state index in [9.17, 15) is 19.2 Å². The summed E-state index contributed by atoms with van der Waals surface area (Å²) in [7, 11) is 0. The highest BCUT2D eigenvalue weighted by Gasteiger charge is 2.30. The fraction of sp³-hybridized carbons (Fsp3) is 0.444. The molecule has 1 aromatic carbocycles. The summed E-state index contributed by atoms with van der Waals surface area (Å²) in [5, 5.41) is 7.90. The molecule has 9 nitrogen and oxygen atoms in total. The molecule has 0 unspecified atom stereocenters. The number of para-hydroxylation sites is 1. The average molecular weight is 408 g/mol. The van der Waals surface area contributed by atoms with Gasteiger partial charge in [-0.05, 0) is 18.6 Å². The van der Waals surface area contributed by atoms with Crippen molar-refractivity contribution in [3.8, 4) is 0 Å². The monoisotopic (exact) mass is 407 g/mol. The van der Waals surface area contributed by atoms with E-state index in [1.165, 1.54) is 0 Å². The van der Waals surface area contributed by atoms with E-state index in [2.05, 4.69) is 16.0 Å². The van der Waals surface area contributed by atoms with E-state index in [-0.39, 0.29) is 31.2 Å². The third-order valence-corrected chi connectivity index (χ3v) is 5.08. The van der Waals surface area contributed by atoms with Crippen LogP contribution in [0.4, 0.5) is 10.5 Å². The zero-order valence-electron chi connectivity index (χ0n) is 15.2. The molecule has 150 valence electrons. The normalized spacial score (nSPS) is 19.9. The second-order valence-corrected chi connectivity index (χ2v) is 7.15. The number of anilines is 1. The van der Waals surface area contributed by atoms with Gasteiger partial charge >= 0.3 is 6.03 Å². The number of hydrogen-bond acceptors (Lipinski definition) is 5. The van der Waals surface area contributed by atoms with Gasteiger partial charge in [-0.1, -0.05) is 23.7 Å². The van der Waals surface area contributed by atoms with Crippen LogP contribution in [-0.4, -0.2) is 72.3 Å². The standard InChI is InChI=1S/C18H22ClN5O4/c19-12-3-1-2-4-13(12)20-15(25)11-23-7-9-24(10-8-23)16(26)6-5-14-17(27)22-18(28)21-14/h1-4,14H,5-11H2,(H,20,25)(H2,21,22,27,28)/t14-/m0/s1. The number of halogens is 1.